The number of nitrogens with one attached hydrogen (secondary N) is 1. The van der Waals surface area contributed by atoms with E-state index in [1.54, 1.807) is 12.1 Å². The molecule has 20 heavy (non-hydrogen) atoms. The van der Waals surface area contributed by atoms with Crippen molar-refractivity contribution < 1.29 is 9.53 Å². The van der Waals surface area contributed by atoms with Crippen LogP contribution in [-0.2, 0) is 17.9 Å². The fourth-order valence-corrected chi connectivity index (χ4v) is 1.95. The quantitative estimate of drug-likeness (QED) is 0.874. The Morgan fingerprint density at radius 3 is 2.35 bits per heavy atom. The molecule has 0 radical (unpaired) electrons. The van der Waals surface area contributed by atoms with Gasteiger partial charge in [0, 0.05) is 18.7 Å². The van der Waals surface area contributed by atoms with Crippen LogP contribution in [0.2, 0.25) is 0 Å². The number of amides is 1. The summed E-state index contributed by atoms with van der Waals surface area (Å²) >= 11 is 0. The number of ether oxygens (including phenoxy) is 1. The average Bonchev–Trinajstić information content (AvgIpc) is 2.52. The lowest BCUT2D eigenvalue weighted by Crippen LogP contribution is -2.23. The van der Waals surface area contributed by atoms with Crippen LogP contribution in [0.5, 0.6) is 0 Å². The molecule has 2 rings (SSSR count). The summed E-state index contributed by atoms with van der Waals surface area (Å²) in [4.78, 5) is 12.0. The molecule has 0 unspecified atom stereocenters. The molecule has 0 bridgehead atoms. The second kappa shape index (κ2) is 7.46. The van der Waals surface area contributed by atoms with E-state index in [0.29, 0.717) is 25.3 Å². The van der Waals surface area contributed by atoms with E-state index >= 15 is 0 Å². The molecule has 2 aromatic rings. The summed E-state index contributed by atoms with van der Waals surface area (Å²) < 4.78 is 5.44. The second-order valence-electron chi connectivity index (χ2n) is 4.45. The average molecular weight is 269 g/mol. The van der Waals surface area contributed by atoms with Crippen molar-refractivity contribution in [1.29, 1.82) is 0 Å². The van der Waals surface area contributed by atoms with Gasteiger partial charge >= 0.3 is 0 Å². The summed E-state index contributed by atoms with van der Waals surface area (Å²) in [6.07, 6.45) is 0. The van der Waals surface area contributed by atoms with Gasteiger partial charge in [0.05, 0.1) is 6.61 Å². The number of benzene rings is 2. The summed E-state index contributed by atoms with van der Waals surface area (Å²) in [6.45, 7) is 3.75. The third kappa shape index (κ3) is 3.93. The van der Waals surface area contributed by atoms with Crippen LogP contribution in [0, 0.1) is 0 Å². The van der Waals surface area contributed by atoms with E-state index in [0.717, 1.165) is 11.1 Å². The van der Waals surface area contributed by atoms with Gasteiger partial charge in [-0.25, -0.2) is 0 Å². The van der Waals surface area contributed by atoms with Crippen LogP contribution in [0.25, 0.3) is 0 Å². The molecular formula is C17H19NO2. The molecule has 1 N–H and O–H groups in total. The smallest absolute Gasteiger partial charge is 0.251 e. The first-order valence-corrected chi connectivity index (χ1v) is 6.79. The zero-order valence-electron chi connectivity index (χ0n) is 11.6. The maximum absolute atomic E-state index is 12.0. The fraction of sp³-hybridized carbons (Fsp3) is 0.235. The van der Waals surface area contributed by atoms with Gasteiger partial charge in [-0.05, 0) is 30.2 Å². The summed E-state index contributed by atoms with van der Waals surface area (Å²) in [5.74, 6) is -0.0585. The van der Waals surface area contributed by atoms with E-state index in [1.807, 2.05) is 49.4 Å². The highest BCUT2D eigenvalue weighted by Crippen LogP contribution is 2.10. The van der Waals surface area contributed by atoms with Crippen LogP contribution in [-0.4, -0.2) is 12.5 Å². The van der Waals surface area contributed by atoms with E-state index in [4.69, 9.17) is 4.74 Å². The van der Waals surface area contributed by atoms with Crippen LogP contribution in [0.3, 0.4) is 0 Å². The van der Waals surface area contributed by atoms with Gasteiger partial charge in [0.15, 0.2) is 0 Å². The molecule has 0 saturated heterocycles. The Balaban J connectivity index is 1.98. The molecule has 0 atom stereocenters. The van der Waals surface area contributed by atoms with Crippen LogP contribution in [0.1, 0.15) is 28.4 Å². The van der Waals surface area contributed by atoms with E-state index in [1.165, 1.54) is 0 Å². The molecule has 0 aliphatic heterocycles. The largest absolute Gasteiger partial charge is 0.377 e. The topological polar surface area (TPSA) is 38.3 Å². The Morgan fingerprint density at radius 2 is 1.65 bits per heavy atom. The highest BCUT2D eigenvalue weighted by molar-refractivity contribution is 5.94. The number of carbonyl (C=O) groups excluding carboxylic acids is 1. The summed E-state index contributed by atoms with van der Waals surface area (Å²) in [5, 5.41) is 2.94. The molecule has 3 nitrogen and oxygen atoms in total. The number of hydrogen-bond donors (Lipinski definition) is 1. The van der Waals surface area contributed by atoms with Gasteiger partial charge in [-0.3, -0.25) is 4.79 Å². The van der Waals surface area contributed by atoms with E-state index in [2.05, 4.69) is 5.32 Å². The van der Waals surface area contributed by atoms with Crippen molar-refractivity contribution in [3.05, 3.63) is 71.3 Å². The predicted octanol–water partition coefficient (Wildman–Crippen LogP) is 3.15. The van der Waals surface area contributed by atoms with Crippen molar-refractivity contribution >= 4 is 5.91 Å². The molecule has 0 saturated carbocycles. The molecule has 0 aliphatic carbocycles. The lowest BCUT2D eigenvalue weighted by molar-refractivity contribution is 0.0950. The van der Waals surface area contributed by atoms with Crippen molar-refractivity contribution in [2.45, 2.75) is 20.1 Å². The van der Waals surface area contributed by atoms with Gasteiger partial charge < -0.3 is 10.1 Å². The zero-order chi connectivity index (χ0) is 14.2. The van der Waals surface area contributed by atoms with Gasteiger partial charge in [-0.2, -0.15) is 0 Å². The van der Waals surface area contributed by atoms with Gasteiger partial charge in [-0.15, -0.1) is 0 Å². The standard InChI is InChI=1S/C17H19NO2/c1-2-20-13-16-11-7-6-10-15(16)12-18-17(19)14-8-4-3-5-9-14/h3-11H,2,12-13H2,1H3,(H,18,19). The van der Waals surface area contributed by atoms with Crippen molar-refractivity contribution in [2.75, 3.05) is 6.61 Å². The van der Waals surface area contributed by atoms with E-state index in [-0.39, 0.29) is 5.91 Å². The van der Waals surface area contributed by atoms with Gasteiger partial charge in [-0.1, -0.05) is 42.5 Å². The lowest BCUT2D eigenvalue weighted by Gasteiger charge is -2.10. The van der Waals surface area contributed by atoms with Gasteiger partial charge in [0.1, 0.15) is 0 Å². The van der Waals surface area contributed by atoms with Gasteiger partial charge in [0.25, 0.3) is 5.91 Å². The maximum atomic E-state index is 12.0. The highest BCUT2D eigenvalue weighted by Gasteiger charge is 2.06. The lowest BCUT2D eigenvalue weighted by atomic mass is 10.1. The number of carbonyl (C=O) groups is 1. The second-order valence-corrected chi connectivity index (χ2v) is 4.45. The Hall–Kier alpha value is -2.13. The first-order chi connectivity index (χ1) is 9.81. The third-order valence-corrected chi connectivity index (χ3v) is 3.06. The Kier molecular flexibility index (Phi) is 5.33. The highest BCUT2D eigenvalue weighted by atomic mass is 16.5. The minimum atomic E-state index is -0.0585. The van der Waals surface area contributed by atoms with Crippen LogP contribution in [0.15, 0.2) is 54.6 Å². The minimum Gasteiger partial charge on any atom is -0.377 e. The summed E-state index contributed by atoms with van der Waals surface area (Å²) in [5.41, 5.74) is 2.88. The van der Waals surface area contributed by atoms with E-state index in [9.17, 15) is 4.79 Å². The van der Waals surface area contributed by atoms with Crippen molar-refractivity contribution in [3.8, 4) is 0 Å². The fourth-order valence-electron chi connectivity index (χ4n) is 1.95. The molecular weight excluding hydrogens is 250 g/mol. The Morgan fingerprint density at radius 1 is 1.00 bits per heavy atom. The molecule has 0 aromatic heterocycles. The maximum Gasteiger partial charge on any atom is 0.251 e. The monoisotopic (exact) mass is 269 g/mol. The summed E-state index contributed by atoms with van der Waals surface area (Å²) in [7, 11) is 0. The SMILES string of the molecule is CCOCc1ccccc1CNC(=O)c1ccccc1. The normalized spacial score (nSPS) is 10.2. The molecule has 0 aliphatic rings. The van der Waals surface area contributed by atoms with Crippen LogP contribution in [0.4, 0.5) is 0 Å². The van der Waals surface area contributed by atoms with Crippen molar-refractivity contribution in [1.82, 2.24) is 5.32 Å². The Labute approximate surface area is 119 Å². The van der Waals surface area contributed by atoms with Crippen LogP contribution < -0.4 is 5.32 Å². The van der Waals surface area contributed by atoms with Crippen molar-refractivity contribution in [2.24, 2.45) is 0 Å². The first kappa shape index (κ1) is 14.3. The molecule has 104 valence electrons. The number of hydrogen-bond acceptors (Lipinski definition) is 2. The zero-order valence-corrected chi connectivity index (χ0v) is 11.6. The van der Waals surface area contributed by atoms with Crippen LogP contribution >= 0.6 is 0 Å². The Bertz CT molecular complexity index is 552. The minimum absolute atomic E-state index is 0.0585. The number of rotatable bonds is 6. The molecule has 1 amide bonds. The predicted molar refractivity (Wildman–Crippen MR) is 79.4 cm³/mol. The first-order valence-electron chi connectivity index (χ1n) is 6.79. The third-order valence-electron chi connectivity index (χ3n) is 3.06. The van der Waals surface area contributed by atoms with E-state index < -0.39 is 0 Å². The van der Waals surface area contributed by atoms with Crippen molar-refractivity contribution in [3.63, 3.8) is 0 Å². The molecule has 3 heteroatoms. The molecule has 2 aromatic carbocycles. The molecule has 0 spiro atoms. The molecule has 0 heterocycles. The molecule has 0 fully saturated rings. The van der Waals surface area contributed by atoms with Gasteiger partial charge in [0.2, 0.25) is 0 Å². The summed E-state index contributed by atoms with van der Waals surface area (Å²) in [6, 6.07) is 17.2.